The topological polar surface area (TPSA) is 32.3 Å². The molecule has 0 aliphatic carbocycles. The van der Waals surface area contributed by atoms with Gasteiger partial charge in [-0.25, -0.2) is 9.97 Å². The second-order valence-electron chi connectivity index (χ2n) is 4.05. The van der Waals surface area contributed by atoms with Gasteiger partial charge in [0.15, 0.2) is 0 Å². The van der Waals surface area contributed by atoms with Gasteiger partial charge in [-0.15, -0.1) is 0 Å². The largest absolute Gasteiger partial charge is 0.338 e. The van der Waals surface area contributed by atoms with Gasteiger partial charge in [-0.05, 0) is 19.5 Å². The first kappa shape index (κ1) is 11.6. The van der Waals surface area contributed by atoms with E-state index in [1.807, 2.05) is 6.92 Å². The van der Waals surface area contributed by atoms with Gasteiger partial charge in [0.2, 0.25) is 5.95 Å². The maximum Gasteiger partial charge on any atom is 0.227 e. The van der Waals surface area contributed by atoms with E-state index in [2.05, 4.69) is 26.7 Å². The maximum absolute atomic E-state index is 5.94. The van der Waals surface area contributed by atoms with E-state index in [4.69, 9.17) is 11.6 Å². The molecular weight excluding hydrogens is 224 g/mol. The summed E-state index contributed by atoms with van der Waals surface area (Å²) in [7, 11) is 0. The Bertz CT molecular complexity index is 341. The van der Waals surface area contributed by atoms with E-state index in [9.17, 15) is 0 Å². The molecule has 5 heteroatoms. The normalized spacial score (nSPS) is 17.8. The number of anilines is 1. The van der Waals surface area contributed by atoms with Crippen molar-refractivity contribution in [3.8, 4) is 0 Å². The van der Waals surface area contributed by atoms with Gasteiger partial charge >= 0.3 is 0 Å². The van der Waals surface area contributed by atoms with E-state index in [1.165, 1.54) is 0 Å². The van der Waals surface area contributed by atoms with Crippen LogP contribution in [0.25, 0.3) is 0 Å². The second-order valence-corrected chi connectivity index (χ2v) is 4.44. The number of likely N-dealkylation sites (N-methyl/N-ethyl adjacent to an activating group) is 1. The predicted molar refractivity (Wildman–Crippen MR) is 66.1 cm³/mol. The minimum absolute atomic E-state index is 0.528. The summed E-state index contributed by atoms with van der Waals surface area (Å²) in [5.74, 6) is 0.765. The smallest absolute Gasteiger partial charge is 0.227 e. The fourth-order valence-electron chi connectivity index (χ4n) is 1.92. The van der Waals surface area contributed by atoms with Crippen LogP contribution in [0.2, 0.25) is 5.15 Å². The quantitative estimate of drug-likeness (QED) is 0.735. The molecule has 0 N–H and O–H groups in total. The van der Waals surface area contributed by atoms with Gasteiger partial charge in [-0.3, -0.25) is 0 Å². The Kier molecular flexibility index (Phi) is 3.61. The summed E-state index contributed by atoms with van der Waals surface area (Å²) in [5, 5.41) is 0.528. The second kappa shape index (κ2) is 4.97. The number of piperazine rings is 1. The molecule has 0 aromatic carbocycles. The summed E-state index contributed by atoms with van der Waals surface area (Å²) in [5.41, 5.74) is 0.924. The zero-order chi connectivity index (χ0) is 11.5. The van der Waals surface area contributed by atoms with Gasteiger partial charge in [-0.1, -0.05) is 18.5 Å². The number of halogens is 1. The first-order chi connectivity index (χ1) is 7.69. The molecule has 1 aromatic heterocycles. The Morgan fingerprint density at radius 3 is 2.50 bits per heavy atom. The number of nitrogens with zero attached hydrogens (tertiary/aromatic N) is 4. The van der Waals surface area contributed by atoms with E-state index in [0.717, 1.165) is 44.4 Å². The molecule has 0 amide bonds. The van der Waals surface area contributed by atoms with Crippen molar-refractivity contribution in [2.75, 3.05) is 37.6 Å². The summed E-state index contributed by atoms with van der Waals surface area (Å²) in [4.78, 5) is 13.3. The molecule has 88 valence electrons. The summed E-state index contributed by atoms with van der Waals surface area (Å²) < 4.78 is 0. The van der Waals surface area contributed by atoms with Crippen molar-refractivity contribution < 1.29 is 0 Å². The molecule has 0 unspecified atom stereocenters. The number of aryl methyl sites for hydroxylation is 1. The monoisotopic (exact) mass is 240 g/mol. The summed E-state index contributed by atoms with van der Waals surface area (Å²) >= 11 is 5.94. The highest BCUT2D eigenvalue weighted by Crippen LogP contribution is 2.15. The molecular formula is C11H17ClN4. The molecule has 0 radical (unpaired) electrons. The standard InChI is InChI=1S/C11H17ClN4/c1-3-15-4-6-16(7-5-15)11-13-9(2)8-10(12)14-11/h8H,3-7H2,1-2H3. The van der Waals surface area contributed by atoms with Crippen LogP contribution in [-0.2, 0) is 0 Å². The molecule has 0 spiro atoms. The molecule has 2 rings (SSSR count). The van der Waals surface area contributed by atoms with Gasteiger partial charge < -0.3 is 9.80 Å². The fraction of sp³-hybridized carbons (Fsp3) is 0.636. The molecule has 0 saturated carbocycles. The number of hydrogen-bond donors (Lipinski definition) is 0. The lowest BCUT2D eigenvalue weighted by atomic mass is 10.3. The van der Waals surface area contributed by atoms with Crippen LogP contribution in [0.3, 0.4) is 0 Å². The molecule has 1 aliphatic rings. The van der Waals surface area contributed by atoms with Crippen molar-refractivity contribution in [3.63, 3.8) is 0 Å². The minimum Gasteiger partial charge on any atom is -0.338 e. The third-order valence-corrected chi connectivity index (χ3v) is 3.11. The van der Waals surface area contributed by atoms with E-state index in [0.29, 0.717) is 5.15 Å². The van der Waals surface area contributed by atoms with Crippen LogP contribution in [-0.4, -0.2) is 47.6 Å². The van der Waals surface area contributed by atoms with Crippen molar-refractivity contribution in [2.45, 2.75) is 13.8 Å². The Labute approximate surface area is 101 Å². The summed E-state index contributed by atoms with van der Waals surface area (Å²) in [6, 6.07) is 1.79. The fourth-order valence-corrected chi connectivity index (χ4v) is 2.15. The Morgan fingerprint density at radius 2 is 1.94 bits per heavy atom. The van der Waals surface area contributed by atoms with Gasteiger partial charge in [0.25, 0.3) is 0 Å². The van der Waals surface area contributed by atoms with Gasteiger partial charge in [0.05, 0.1) is 0 Å². The van der Waals surface area contributed by atoms with Gasteiger partial charge in [-0.2, -0.15) is 0 Å². The van der Waals surface area contributed by atoms with Crippen LogP contribution >= 0.6 is 11.6 Å². The van der Waals surface area contributed by atoms with Crippen molar-refractivity contribution in [3.05, 3.63) is 16.9 Å². The zero-order valence-electron chi connectivity index (χ0n) is 9.78. The Morgan fingerprint density at radius 1 is 1.25 bits per heavy atom. The van der Waals surface area contributed by atoms with Crippen LogP contribution in [0.15, 0.2) is 6.07 Å². The van der Waals surface area contributed by atoms with Crippen molar-refractivity contribution in [1.82, 2.24) is 14.9 Å². The van der Waals surface area contributed by atoms with Crippen LogP contribution in [0.4, 0.5) is 5.95 Å². The molecule has 2 heterocycles. The number of hydrogen-bond acceptors (Lipinski definition) is 4. The van der Waals surface area contributed by atoms with Gasteiger partial charge in [0, 0.05) is 31.9 Å². The van der Waals surface area contributed by atoms with E-state index < -0.39 is 0 Å². The highest BCUT2D eigenvalue weighted by Gasteiger charge is 2.18. The minimum atomic E-state index is 0.528. The van der Waals surface area contributed by atoms with Crippen molar-refractivity contribution in [1.29, 1.82) is 0 Å². The third-order valence-electron chi connectivity index (χ3n) is 2.91. The molecule has 1 saturated heterocycles. The lowest BCUT2D eigenvalue weighted by Gasteiger charge is -2.34. The van der Waals surface area contributed by atoms with Crippen LogP contribution in [0.5, 0.6) is 0 Å². The predicted octanol–water partition coefficient (Wildman–Crippen LogP) is 1.58. The SMILES string of the molecule is CCN1CCN(c2nc(C)cc(Cl)n2)CC1. The van der Waals surface area contributed by atoms with Gasteiger partial charge in [0.1, 0.15) is 5.15 Å². The molecule has 16 heavy (non-hydrogen) atoms. The van der Waals surface area contributed by atoms with E-state index in [-0.39, 0.29) is 0 Å². The van der Waals surface area contributed by atoms with Crippen molar-refractivity contribution in [2.24, 2.45) is 0 Å². The molecule has 1 aliphatic heterocycles. The molecule has 1 fully saturated rings. The van der Waals surface area contributed by atoms with Crippen molar-refractivity contribution >= 4 is 17.5 Å². The molecule has 0 atom stereocenters. The molecule has 0 bridgehead atoms. The van der Waals surface area contributed by atoms with Crippen LogP contribution < -0.4 is 4.90 Å². The third kappa shape index (κ3) is 2.62. The summed E-state index contributed by atoms with van der Waals surface area (Å²) in [6.07, 6.45) is 0. The average Bonchev–Trinajstić information content (AvgIpc) is 2.28. The molecule has 4 nitrogen and oxygen atoms in total. The van der Waals surface area contributed by atoms with Crippen LogP contribution in [0.1, 0.15) is 12.6 Å². The lowest BCUT2D eigenvalue weighted by Crippen LogP contribution is -2.46. The maximum atomic E-state index is 5.94. The van der Waals surface area contributed by atoms with Crippen LogP contribution in [0, 0.1) is 6.92 Å². The Balaban J connectivity index is 2.08. The number of rotatable bonds is 2. The zero-order valence-corrected chi connectivity index (χ0v) is 10.5. The highest BCUT2D eigenvalue weighted by atomic mass is 35.5. The molecule has 1 aromatic rings. The number of aromatic nitrogens is 2. The first-order valence-electron chi connectivity index (χ1n) is 5.67. The summed E-state index contributed by atoms with van der Waals surface area (Å²) in [6.45, 7) is 9.36. The highest BCUT2D eigenvalue weighted by molar-refractivity contribution is 6.29. The average molecular weight is 241 g/mol. The Hall–Kier alpha value is -0.870. The van der Waals surface area contributed by atoms with E-state index >= 15 is 0 Å². The van der Waals surface area contributed by atoms with E-state index in [1.54, 1.807) is 6.07 Å². The first-order valence-corrected chi connectivity index (χ1v) is 6.05. The lowest BCUT2D eigenvalue weighted by molar-refractivity contribution is 0.270.